The minimum atomic E-state index is 0.723. The van der Waals surface area contributed by atoms with E-state index in [1.165, 1.54) is 10.8 Å². The van der Waals surface area contributed by atoms with E-state index < -0.39 is 0 Å². The van der Waals surface area contributed by atoms with Crippen LogP contribution < -0.4 is 10.6 Å². The van der Waals surface area contributed by atoms with Crippen molar-refractivity contribution >= 4 is 16.6 Å². The third-order valence-corrected chi connectivity index (χ3v) is 2.97. The number of pyridine rings is 1. The van der Waals surface area contributed by atoms with Crippen LogP contribution in [0.25, 0.3) is 10.8 Å². The number of fused-ring (bicyclic) bond motifs is 1. The van der Waals surface area contributed by atoms with Crippen molar-refractivity contribution in [2.75, 3.05) is 24.5 Å². The molecule has 2 N–H and O–H groups in total. The molecule has 0 aliphatic heterocycles. The lowest BCUT2D eigenvalue weighted by atomic mass is 10.1. The Balaban J connectivity index is 2.38. The van der Waals surface area contributed by atoms with E-state index in [0.717, 1.165) is 31.9 Å². The number of nitrogens with two attached hydrogens (primary N) is 1. The van der Waals surface area contributed by atoms with E-state index in [9.17, 15) is 0 Å². The third kappa shape index (κ3) is 2.56. The second-order valence-corrected chi connectivity index (χ2v) is 4.08. The van der Waals surface area contributed by atoms with Gasteiger partial charge in [-0.3, -0.25) is 0 Å². The highest BCUT2D eigenvalue weighted by Gasteiger charge is 2.08. The smallest absolute Gasteiger partial charge is 0.136 e. The van der Waals surface area contributed by atoms with Crippen molar-refractivity contribution in [3.8, 4) is 0 Å². The van der Waals surface area contributed by atoms with Crippen molar-refractivity contribution in [1.82, 2.24) is 4.98 Å². The van der Waals surface area contributed by atoms with E-state index in [1.807, 2.05) is 6.20 Å². The third-order valence-electron chi connectivity index (χ3n) is 2.97. The molecule has 0 saturated carbocycles. The molecule has 0 atom stereocenters. The average Bonchev–Trinajstić information content (AvgIpc) is 2.40. The van der Waals surface area contributed by atoms with Gasteiger partial charge in [0.2, 0.25) is 0 Å². The Labute approximate surface area is 102 Å². The molecule has 0 aliphatic rings. The van der Waals surface area contributed by atoms with Gasteiger partial charge < -0.3 is 10.6 Å². The van der Waals surface area contributed by atoms with Gasteiger partial charge in [0, 0.05) is 24.7 Å². The van der Waals surface area contributed by atoms with Gasteiger partial charge in [-0.15, -0.1) is 0 Å². The second kappa shape index (κ2) is 5.64. The molecule has 2 aromatic rings. The largest absolute Gasteiger partial charge is 0.356 e. The van der Waals surface area contributed by atoms with Crippen LogP contribution in [0.3, 0.4) is 0 Å². The van der Waals surface area contributed by atoms with Crippen molar-refractivity contribution in [2.45, 2.75) is 13.3 Å². The zero-order valence-corrected chi connectivity index (χ0v) is 10.3. The molecule has 0 unspecified atom stereocenters. The van der Waals surface area contributed by atoms with E-state index in [4.69, 9.17) is 5.73 Å². The monoisotopic (exact) mass is 229 g/mol. The molecule has 1 heterocycles. The Morgan fingerprint density at radius 3 is 2.82 bits per heavy atom. The molecule has 2 rings (SSSR count). The summed E-state index contributed by atoms with van der Waals surface area (Å²) in [6.45, 7) is 4.80. The van der Waals surface area contributed by atoms with Gasteiger partial charge in [-0.25, -0.2) is 4.98 Å². The highest BCUT2D eigenvalue weighted by molar-refractivity contribution is 5.92. The summed E-state index contributed by atoms with van der Waals surface area (Å²) < 4.78 is 0. The normalized spacial score (nSPS) is 10.7. The number of hydrogen-bond acceptors (Lipinski definition) is 3. The number of nitrogens with zero attached hydrogens (tertiary/aromatic N) is 2. The molecule has 1 aromatic heterocycles. The molecule has 0 radical (unpaired) electrons. The van der Waals surface area contributed by atoms with Gasteiger partial charge in [0.15, 0.2) is 0 Å². The van der Waals surface area contributed by atoms with E-state index in [1.54, 1.807) is 0 Å². The SMILES string of the molecule is CCN(CCCN)c1nccc2ccccc12. The van der Waals surface area contributed by atoms with Crippen LogP contribution in [0.5, 0.6) is 0 Å². The number of rotatable bonds is 5. The van der Waals surface area contributed by atoms with E-state index in [0.29, 0.717) is 0 Å². The molecule has 1 aromatic carbocycles. The first-order chi connectivity index (χ1) is 8.36. The predicted octanol–water partition coefficient (Wildman–Crippen LogP) is 2.41. The van der Waals surface area contributed by atoms with Crippen molar-refractivity contribution in [3.63, 3.8) is 0 Å². The Morgan fingerprint density at radius 1 is 1.24 bits per heavy atom. The van der Waals surface area contributed by atoms with Crippen LogP contribution in [0, 0.1) is 0 Å². The van der Waals surface area contributed by atoms with Crippen LogP contribution in [0.2, 0.25) is 0 Å². The van der Waals surface area contributed by atoms with Crippen LogP contribution >= 0.6 is 0 Å². The zero-order valence-electron chi connectivity index (χ0n) is 10.3. The lowest BCUT2D eigenvalue weighted by Crippen LogP contribution is -2.26. The van der Waals surface area contributed by atoms with E-state index >= 15 is 0 Å². The van der Waals surface area contributed by atoms with Crippen molar-refractivity contribution in [3.05, 3.63) is 36.5 Å². The summed E-state index contributed by atoms with van der Waals surface area (Å²) in [5.74, 6) is 1.07. The van der Waals surface area contributed by atoms with Gasteiger partial charge in [-0.2, -0.15) is 0 Å². The molecule has 0 spiro atoms. The molecule has 0 fully saturated rings. The van der Waals surface area contributed by atoms with Crippen molar-refractivity contribution in [2.24, 2.45) is 5.73 Å². The molecular formula is C14H19N3. The van der Waals surface area contributed by atoms with Crippen LogP contribution in [0.1, 0.15) is 13.3 Å². The Hall–Kier alpha value is -1.61. The first-order valence-corrected chi connectivity index (χ1v) is 6.15. The van der Waals surface area contributed by atoms with Crippen LogP contribution in [0.4, 0.5) is 5.82 Å². The summed E-state index contributed by atoms with van der Waals surface area (Å²) in [4.78, 5) is 6.80. The number of hydrogen-bond donors (Lipinski definition) is 1. The van der Waals surface area contributed by atoms with Gasteiger partial charge in [0.1, 0.15) is 5.82 Å². The first kappa shape index (κ1) is 11.9. The van der Waals surface area contributed by atoms with Crippen LogP contribution in [0.15, 0.2) is 36.5 Å². The Morgan fingerprint density at radius 2 is 2.06 bits per heavy atom. The summed E-state index contributed by atoms with van der Waals surface area (Å²) >= 11 is 0. The lowest BCUT2D eigenvalue weighted by molar-refractivity contribution is 0.748. The van der Waals surface area contributed by atoms with Gasteiger partial charge in [-0.05, 0) is 31.3 Å². The van der Waals surface area contributed by atoms with Crippen molar-refractivity contribution in [1.29, 1.82) is 0 Å². The molecule has 0 amide bonds. The molecule has 0 bridgehead atoms. The average molecular weight is 229 g/mol. The Bertz CT molecular complexity index is 476. The van der Waals surface area contributed by atoms with E-state index in [2.05, 4.69) is 47.1 Å². The molecule has 3 nitrogen and oxygen atoms in total. The number of anilines is 1. The zero-order chi connectivity index (χ0) is 12.1. The fourth-order valence-corrected chi connectivity index (χ4v) is 2.05. The topological polar surface area (TPSA) is 42.1 Å². The van der Waals surface area contributed by atoms with Gasteiger partial charge in [-0.1, -0.05) is 24.3 Å². The molecule has 0 saturated heterocycles. The van der Waals surface area contributed by atoms with Crippen molar-refractivity contribution < 1.29 is 0 Å². The minimum absolute atomic E-state index is 0.723. The molecule has 0 aliphatic carbocycles. The summed E-state index contributed by atoms with van der Waals surface area (Å²) in [5.41, 5.74) is 5.58. The first-order valence-electron chi connectivity index (χ1n) is 6.15. The van der Waals surface area contributed by atoms with Crippen LogP contribution in [-0.4, -0.2) is 24.6 Å². The summed E-state index contributed by atoms with van der Waals surface area (Å²) in [6.07, 6.45) is 2.88. The maximum absolute atomic E-state index is 5.58. The quantitative estimate of drug-likeness (QED) is 0.856. The number of benzene rings is 1. The fraction of sp³-hybridized carbons (Fsp3) is 0.357. The van der Waals surface area contributed by atoms with Crippen LogP contribution in [-0.2, 0) is 0 Å². The Kier molecular flexibility index (Phi) is 3.94. The summed E-state index contributed by atoms with van der Waals surface area (Å²) in [5, 5.41) is 2.46. The van der Waals surface area contributed by atoms with E-state index in [-0.39, 0.29) is 0 Å². The fourth-order valence-electron chi connectivity index (χ4n) is 2.05. The lowest BCUT2D eigenvalue weighted by Gasteiger charge is -2.23. The second-order valence-electron chi connectivity index (χ2n) is 4.08. The highest BCUT2D eigenvalue weighted by Crippen LogP contribution is 2.23. The standard InChI is InChI=1S/C14H19N3/c1-2-17(11-5-9-15)14-13-7-4-3-6-12(13)8-10-16-14/h3-4,6-8,10H,2,5,9,11,15H2,1H3. The van der Waals surface area contributed by atoms with Gasteiger partial charge >= 0.3 is 0 Å². The molecule has 90 valence electrons. The molecule has 17 heavy (non-hydrogen) atoms. The number of aromatic nitrogens is 1. The molecule has 3 heteroatoms. The maximum atomic E-state index is 5.58. The van der Waals surface area contributed by atoms with Gasteiger partial charge in [0.25, 0.3) is 0 Å². The highest BCUT2D eigenvalue weighted by atomic mass is 15.2. The summed E-state index contributed by atoms with van der Waals surface area (Å²) in [7, 11) is 0. The predicted molar refractivity (Wildman–Crippen MR) is 73.3 cm³/mol. The minimum Gasteiger partial charge on any atom is -0.356 e. The maximum Gasteiger partial charge on any atom is 0.136 e. The van der Waals surface area contributed by atoms with Gasteiger partial charge in [0.05, 0.1) is 0 Å². The molecular weight excluding hydrogens is 210 g/mol. The summed E-state index contributed by atoms with van der Waals surface area (Å²) in [6, 6.07) is 10.4.